The van der Waals surface area contributed by atoms with E-state index < -0.39 is 35.8 Å². The average Bonchev–Trinajstić information content (AvgIpc) is 2.91. The van der Waals surface area contributed by atoms with Gasteiger partial charge < -0.3 is 18.9 Å². The van der Waals surface area contributed by atoms with E-state index in [0.717, 1.165) is 6.42 Å². The smallest absolute Gasteiger partial charge is 0.312 e. The first kappa shape index (κ1) is 17.4. The third-order valence-electron chi connectivity index (χ3n) is 3.69. The molecule has 0 aliphatic carbocycles. The maximum absolute atomic E-state index is 12.1. The van der Waals surface area contributed by atoms with Crippen LogP contribution in [0.1, 0.15) is 26.2 Å². The van der Waals surface area contributed by atoms with E-state index in [9.17, 15) is 14.4 Å². The Hall–Kier alpha value is -1.63. The first-order chi connectivity index (χ1) is 9.94. The van der Waals surface area contributed by atoms with Crippen molar-refractivity contribution in [3.63, 3.8) is 0 Å². The first-order valence-electron chi connectivity index (χ1n) is 6.82. The van der Waals surface area contributed by atoms with Gasteiger partial charge in [0.25, 0.3) is 0 Å². The zero-order chi connectivity index (χ0) is 16.0. The summed E-state index contributed by atoms with van der Waals surface area (Å²) in [5.74, 6) is -3.70. The maximum Gasteiger partial charge on any atom is 0.312 e. The third kappa shape index (κ3) is 4.42. The van der Waals surface area contributed by atoms with Gasteiger partial charge in [0.15, 0.2) is 0 Å². The summed E-state index contributed by atoms with van der Waals surface area (Å²) in [7, 11) is 3.66. The molecule has 0 aromatic rings. The second-order valence-electron chi connectivity index (χ2n) is 5.02. The molecule has 120 valence electrons. The van der Waals surface area contributed by atoms with Gasteiger partial charge in [-0.2, -0.15) is 0 Å². The lowest BCUT2D eigenvalue weighted by molar-refractivity contribution is -0.166. The van der Waals surface area contributed by atoms with Crippen LogP contribution in [-0.2, 0) is 33.3 Å². The van der Waals surface area contributed by atoms with Crippen LogP contribution in [-0.4, -0.2) is 51.4 Å². The highest BCUT2D eigenvalue weighted by Gasteiger charge is 2.45. The molecule has 1 aliphatic rings. The van der Waals surface area contributed by atoms with Gasteiger partial charge in [-0.1, -0.05) is 0 Å². The molecule has 0 radical (unpaired) electrons. The summed E-state index contributed by atoms with van der Waals surface area (Å²) in [6.45, 7) is 1.89. The van der Waals surface area contributed by atoms with E-state index in [0.29, 0.717) is 6.42 Å². The van der Waals surface area contributed by atoms with Gasteiger partial charge in [-0.05, 0) is 19.8 Å². The molecule has 0 bridgehead atoms. The predicted octanol–water partition coefficient (Wildman–Crippen LogP) is 0.695. The van der Waals surface area contributed by atoms with Gasteiger partial charge >= 0.3 is 17.9 Å². The normalized spacial score (nSPS) is 24.0. The average molecular weight is 302 g/mol. The van der Waals surface area contributed by atoms with Gasteiger partial charge in [0.05, 0.1) is 51.8 Å². The number of carbonyl (C=O) groups excluding carboxylic acids is 3. The minimum absolute atomic E-state index is 0.00132. The van der Waals surface area contributed by atoms with Gasteiger partial charge in [-0.25, -0.2) is 0 Å². The summed E-state index contributed by atoms with van der Waals surface area (Å²) in [6, 6.07) is 0. The van der Waals surface area contributed by atoms with Crippen LogP contribution in [0.5, 0.6) is 0 Å². The minimum atomic E-state index is -0.981. The number of esters is 3. The molecule has 1 fully saturated rings. The SMILES string of the molecule is COC(=O)CC(C(=O)OC)C(C(=O)OC)C1CCC(C)O1. The molecule has 1 aliphatic heterocycles. The van der Waals surface area contributed by atoms with Crippen molar-refractivity contribution in [1.29, 1.82) is 0 Å². The molecule has 4 unspecified atom stereocenters. The summed E-state index contributed by atoms with van der Waals surface area (Å²) >= 11 is 0. The van der Waals surface area contributed by atoms with E-state index in [1.807, 2.05) is 6.92 Å². The van der Waals surface area contributed by atoms with E-state index in [2.05, 4.69) is 4.74 Å². The molecule has 0 N–H and O–H groups in total. The fourth-order valence-electron chi connectivity index (χ4n) is 2.58. The van der Waals surface area contributed by atoms with Crippen LogP contribution in [0.2, 0.25) is 0 Å². The molecule has 1 heterocycles. The number of hydrogen-bond donors (Lipinski definition) is 0. The molecule has 0 aromatic heterocycles. The minimum Gasteiger partial charge on any atom is -0.469 e. The molecule has 1 rings (SSSR count). The Kier molecular flexibility index (Phi) is 6.61. The van der Waals surface area contributed by atoms with E-state index in [-0.39, 0.29) is 12.5 Å². The Morgan fingerprint density at radius 3 is 2.10 bits per heavy atom. The standard InChI is InChI=1S/C14H22O7/c1-8-5-6-10(21-8)12(14(17)20-4)9(13(16)19-3)7-11(15)18-2/h8-10,12H,5-7H2,1-4H3. The van der Waals surface area contributed by atoms with Crippen molar-refractivity contribution in [2.75, 3.05) is 21.3 Å². The van der Waals surface area contributed by atoms with Gasteiger partial charge in [0.2, 0.25) is 0 Å². The Morgan fingerprint density at radius 1 is 1.05 bits per heavy atom. The lowest BCUT2D eigenvalue weighted by Crippen LogP contribution is -2.41. The lowest BCUT2D eigenvalue weighted by atomic mass is 9.84. The maximum atomic E-state index is 12.1. The van der Waals surface area contributed by atoms with Crippen molar-refractivity contribution in [1.82, 2.24) is 0 Å². The van der Waals surface area contributed by atoms with Crippen LogP contribution in [0.4, 0.5) is 0 Å². The fourth-order valence-corrected chi connectivity index (χ4v) is 2.58. The van der Waals surface area contributed by atoms with Crippen molar-refractivity contribution >= 4 is 17.9 Å². The molecule has 7 heteroatoms. The summed E-state index contributed by atoms with van der Waals surface area (Å²) in [6.07, 6.45) is 0.677. The van der Waals surface area contributed by atoms with Gasteiger partial charge in [-0.3, -0.25) is 14.4 Å². The van der Waals surface area contributed by atoms with Gasteiger partial charge in [0, 0.05) is 0 Å². The number of ether oxygens (including phenoxy) is 4. The predicted molar refractivity (Wildman–Crippen MR) is 71.2 cm³/mol. The monoisotopic (exact) mass is 302 g/mol. The number of hydrogen-bond acceptors (Lipinski definition) is 7. The quantitative estimate of drug-likeness (QED) is 0.527. The highest BCUT2D eigenvalue weighted by Crippen LogP contribution is 2.33. The van der Waals surface area contributed by atoms with Crippen LogP contribution in [0.25, 0.3) is 0 Å². The van der Waals surface area contributed by atoms with Crippen molar-refractivity contribution in [2.24, 2.45) is 11.8 Å². The molecule has 0 amide bonds. The lowest BCUT2D eigenvalue weighted by Gasteiger charge is -2.27. The van der Waals surface area contributed by atoms with E-state index in [1.165, 1.54) is 21.3 Å². The summed E-state index contributed by atoms with van der Waals surface area (Å²) in [5, 5.41) is 0. The van der Waals surface area contributed by atoms with Crippen LogP contribution in [0.15, 0.2) is 0 Å². The number of methoxy groups -OCH3 is 3. The van der Waals surface area contributed by atoms with Crippen molar-refractivity contribution < 1.29 is 33.3 Å². The molecule has 0 saturated carbocycles. The van der Waals surface area contributed by atoms with E-state index in [4.69, 9.17) is 14.2 Å². The van der Waals surface area contributed by atoms with E-state index in [1.54, 1.807) is 0 Å². The van der Waals surface area contributed by atoms with Gasteiger partial charge in [0.1, 0.15) is 0 Å². The Balaban J connectivity index is 3.01. The van der Waals surface area contributed by atoms with Crippen LogP contribution >= 0.6 is 0 Å². The zero-order valence-electron chi connectivity index (χ0n) is 12.8. The Labute approximate surface area is 123 Å². The van der Waals surface area contributed by atoms with Crippen molar-refractivity contribution in [3.8, 4) is 0 Å². The molecular formula is C14H22O7. The Bertz CT molecular complexity index is 393. The highest BCUT2D eigenvalue weighted by atomic mass is 16.5. The molecule has 0 spiro atoms. The second-order valence-corrected chi connectivity index (χ2v) is 5.02. The van der Waals surface area contributed by atoms with Crippen LogP contribution in [0.3, 0.4) is 0 Å². The summed E-state index contributed by atoms with van der Waals surface area (Å²) in [4.78, 5) is 35.6. The molecular weight excluding hydrogens is 280 g/mol. The van der Waals surface area contributed by atoms with Crippen molar-refractivity contribution in [2.45, 2.75) is 38.4 Å². The topological polar surface area (TPSA) is 88.1 Å². The van der Waals surface area contributed by atoms with E-state index >= 15 is 0 Å². The summed E-state index contributed by atoms with van der Waals surface area (Å²) in [5.41, 5.74) is 0. The van der Waals surface area contributed by atoms with Crippen LogP contribution in [0, 0.1) is 11.8 Å². The zero-order valence-corrected chi connectivity index (χ0v) is 12.8. The van der Waals surface area contributed by atoms with Crippen LogP contribution < -0.4 is 0 Å². The largest absolute Gasteiger partial charge is 0.469 e. The molecule has 21 heavy (non-hydrogen) atoms. The molecule has 1 saturated heterocycles. The van der Waals surface area contributed by atoms with Crippen molar-refractivity contribution in [3.05, 3.63) is 0 Å². The number of carbonyl (C=O) groups is 3. The highest BCUT2D eigenvalue weighted by molar-refractivity contribution is 5.86. The fraction of sp³-hybridized carbons (Fsp3) is 0.786. The Morgan fingerprint density at radius 2 is 1.67 bits per heavy atom. The molecule has 4 atom stereocenters. The second kappa shape index (κ2) is 7.97. The van der Waals surface area contributed by atoms with Gasteiger partial charge in [-0.15, -0.1) is 0 Å². The molecule has 7 nitrogen and oxygen atoms in total. The molecule has 0 aromatic carbocycles. The summed E-state index contributed by atoms with van der Waals surface area (Å²) < 4.78 is 19.7. The third-order valence-corrected chi connectivity index (χ3v) is 3.69. The first-order valence-corrected chi connectivity index (χ1v) is 6.82. The number of rotatable bonds is 6.